The number of methoxy groups -OCH3 is 1. The third-order valence-corrected chi connectivity index (χ3v) is 9.15. The highest BCUT2D eigenvalue weighted by molar-refractivity contribution is 8.19. The number of hydrogen-bond acceptors (Lipinski definition) is 7. The molecule has 1 aliphatic rings. The van der Waals surface area contributed by atoms with E-state index in [4.69, 9.17) is 9.47 Å². The lowest BCUT2D eigenvalue weighted by atomic mass is 10.1. The highest BCUT2D eigenvalue weighted by atomic mass is 32.2. The number of thiophene rings is 1. The second-order valence-corrected chi connectivity index (χ2v) is 11.9. The molecule has 0 saturated carbocycles. The molecule has 3 rings (SSSR count). The first-order valence-corrected chi connectivity index (χ1v) is 15.0. The number of amidine groups is 1. The molecule has 1 amide bonds. The molecule has 10 heteroatoms. The number of thioether (sulfide) groups is 1. The fraction of sp³-hybridized carbons (Fsp3) is 0.385. The Morgan fingerprint density at radius 3 is 2.58 bits per heavy atom. The van der Waals surface area contributed by atoms with Crippen LogP contribution in [-0.2, 0) is 14.8 Å². The maximum atomic E-state index is 13.0. The van der Waals surface area contributed by atoms with Gasteiger partial charge in [0.05, 0.1) is 18.6 Å². The van der Waals surface area contributed by atoms with Crippen LogP contribution in [0.3, 0.4) is 0 Å². The fourth-order valence-electron chi connectivity index (χ4n) is 3.53. The molecule has 0 N–H and O–H groups in total. The first-order valence-electron chi connectivity index (χ1n) is 11.9. The molecule has 2 heterocycles. The summed E-state index contributed by atoms with van der Waals surface area (Å²) in [6.45, 7) is 6.65. The van der Waals surface area contributed by atoms with Crippen molar-refractivity contribution in [1.29, 1.82) is 0 Å². The van der Waals surface area contributed by atoms with Crippen LogP contribution in [0, 0.1) is 0 Å². The first kappa shape index (κ1) is 28.0. The lowest BCUT2D eigenvalue weighted by molar-refractivity contribution is -0.121. The van der Waals surface area contributed by atoms with Crippen LogP contribution in [0.1, 0.15) is 51.0 Å². The lowest BCUT2D eigenvalue weighted by Crippen LogP contribution is -2.29. The van der Waals surface area contributed by atoms with Crippen molar-refractivity contribution in [3.05, 3.63) is 58.8 Å². The number of sulfonamides is 1. The Kier molecular flexibility index (Phi) is 10.6. The van der Waals surface area contributed by atoms with Crippen molar-refractivity contribution in [3.63, 3.8) is 0 Å². The van der Waals surface area contributed by atoms with Gasteiger partial charge in [0, 0.05) is 6.54 Å². The molecule has 1 aliphatic heterocycles. The van der Waals surface area contributed by atoms with E-state index in [1.54, 1.807) is 30.7 Å². The minimum atomic E-state index is -3.91. The molecule has 7 nitrogen and oxygen atoms in total. The van der Waals surface area contributed by atoms with Crippen molar-refractivity contribution >= 4 is 50.3 Å². The summed E-state index contributed by atoms with van der Waals surface area (Å²) < 4.78 is 40.8. The summed E-state index contributed by atoms with van der Waals surface area (Å²) in [6.07, 6.45) is 10.3. The fourth-order valence-corrected chi connectivity index (χ4v) is 6.69. The van der Waals surface area contributed by atoms with Gasteiger partial charge in [-0.3, -0.25) is 9.69 Å². The Hall–Kier alpha value is -2.56. The minimum absolute atomic E-state index is 0.102. The van der Waals surface area contributed by atoms with Gasteiger partial charge in [-0.15, -0.1) is 22.3 Å². The number of benzene rings is 1. The predicted octanol–water partition coefficient (Wildman–Crippen LogP) is 6.34. The van der Waals surface area contributed by atoms with Crippen molar-refractivity contribution in [1.82, 2.24) is 4.90 Å². The van der Waals surface area contributed by atoms with E-state index in [9.17, 15) is 13.2 Å². The van der Waals surface area contributed by atoms with Gasteiger partial charge in [-0.2, -0.15) is 8.42 Å². The van der Waals surface area contributed by atoms with Crippen LogP contribution in [0.4, 0.5) is 0 Å². The Bertz CT molecular complexity index is 1200. The van der Waals surface area contributed by atoms with Crippen molar-refractivity contribution in [3.8, 4) is 11.5 Å². The van der Waals surface area contributed by atoms with Gasteiger partial charge in [0.15, 0.2) is 16.7 Å². The topological polar surface area (TPSA) is 85.3 Å². The summed E-state index contributed by atoms with van der Waals surface area (Å²) in [7, 11) is -2.34. The maximum Gasteiger partial charge on any atom is 0.294 e. The number of hydrogen-bond donors (Lipinski definition) is 0. The van der Waals surface area contributed by atoms with E-state index in [0.717, 1.165) is 41.5 Å². The Labute approximate surface area is 222 Å². The summed E-state index contributed by atoms with van der Waals surface area (Å²) in [4.78, 5) is 14.7. The summed E-state index contributed by atoms with van der Waals surface area (Å²) in [5, 5.41) is 1.77. The highest BCUT2D eigenvalue weighted by Gasteiger charge is 2.34. The van der Waals surface area contributed by atoms with Gasteiger partial charge in [-0.25, -0.2) is 0 Å². The van der Waals surface area contributed by atoms with Crippen LogP contribution < -0.4 is 9.47 Å². The van der Waals surface area contributed by atoms with E-state index in [2.05, 4.69) is 17.9 Å². The maximum absolute atomic E-state index is 13.0. The van der Waals surface area contributed by atoms with E-state index >= 15 is 0 Å². The molecule has 1 fully saturated rings. The molecule has 0 unspecified atom stereocenters. The summed E-state index contributed by atoms with van der Waals surface area (Å²) in [6, 6.07) is 8.60. The van der Waals surface area contributed by atoms with Gasteiger partial charge in [0.25, 0.3) is 15.9 Å². The number of carbonyl (C=O) groups is 1. The SMILES string of the molecule is C=CCN1C(=O)C(=Cc2ccc(OCCCCCCCC)c(OC)c2)SC1=NS(=O)(=O)c1cccs1. The van der Waals surface area contributed by atoms with Crippen molar-refractivity contribution in [2.45, 2.75) is 49.7 Å². The van der Waals surface area contributed by atoms with Crippen LogP contribution in [0.2, 0.25) is 0 Å². The zero-order valence-electron chi connectivity index (χ0n) is 20.6. The van der Waals surface area contributed by atoms with Gasteiger partial charge in [0.2, 0.25) is 0 Å². The van der Waals surface area contributed by atoms with Crippen LogP contribution in [0.5, 0.6) is 11.5 Å². The molecule has 2 aromatic rings. The Morgan fingerprint density at radius 2 is 1.89 bits per heavy atom. The van der Waals surface area contributed by atoms with Crippen LogP contribution in [-0.4, -0.2) is 44.7 Å². The zero-order chi connectivity index (χ0) is 26.0. The van der Waals surface area contributed by atoms with Crippen LogP contribution in [0.15, 0.2) is 61.9 Å². The van der Waals surface area contributed by atoms with E-state index in [1.807, 2.05) is 12.1 Å². The predicted molar refractivity (Wildman–Crippen MR) is 148 cm³/mol. The second-order valence-electron chi connectivity index (χ2n) is 8.12. The van der Waals surface area contributed by atoms with Gasteiger partial charge in [-0.1, -0.05) is 57.2 Å². The van der Waals surface area contributed by atoms with Gasteiger partial charge in [-0.05, 0) is 53.4 Å². The van der Waals surface area contributed by atoms with Crippen LogP contribution >= 0.6 is 23.1 Å². The van der Waals surface area contributed by atoms with Gasteiger partial charge in [0.1, 0.15) is 4.21 Å². The average Bonchev–Trinajstić information content (AvgIpc) is 3.50. The number of rotatable bonds is 14. The first-order chi connectivity index (χ1) is 17.4. The number of carbonyl (C=O) groups excluding carboxylic acids is 1. The van der Waals surface area contributed by atoms with Crippen LogP contribution in [0.25, 0.3) is 6.08 Å². The Balaban J connectivity index is 1.74. The molecule has 0 bridgehead atoms. The number of unbranched alkanes of at least 4 members (excludes halogenated alkanes) is 5. The normalized spacial score (nSPS) is 16.2. The molecule has 0 atom stereocenters. The molecule has 1 aromatic carbocycles. The molecule has 36 heavy (non-hydrogen) atoms. The lowest BCUT2D eigenvalue weighted by Gasteiger charge is -2.12. The quantitative estimate of drug-likeness (QED) is 0.156. The number of ether oxygens (including phenoxy) is 2. The Morgan fingerprint density at radius 1 is 1.11 bits per heavy atom. The third-order valence-electron chi connectivity index (χ3n) is 5.39. The van der Waals surface area contributed by atoms with Crippen molar-refractivity contribution in [2.75, 3.05) is 20.3 Å². The number of nitrogens with zero attached hydrogens (tertiary/aromatic N) is 2. The molecule has 0 aliphatic carbocycles. The molecular formula is C26H32N2O5S3. The summed E-state index contributed by atoms with van der Waals surface area (Å²) >= 11 is 2.10. The molecule has 0 spiro atoms. The summed E-state index contributed by atoms with van der Waals surface area (Å²) in [5.74, 6) is 0.890. The highest BCUT2D eigenvalue weighted by Crippen LogP contribution is 2.36. The minimum Gasteiger partial charge on any atom is -0.493 e. The third kappa shape index (κ3) is 7.47. The smallest absolute Gasteiger partial charge is 0.294 e. The monoisotopic (exact) mass is 548 g/mol. The molecule has 1 saturated heterocycles. The standard InChI is InChI=1S/C26H32N2O5S3/c1-4-6-7-8-9-10-16-33-21-14-13-20(18-22(21)32-3)19-23-25(29)28(15-5-2)26(35-23)27-36(30,31)24-12-11-17-34-24/h5,11-14,17-19H,2,4,6-10,15-16H2,1,3H3. The molecule has 1 aromatic heterocycles. The summed E-state index contributed by atoms with van der Waals surface area (Å²) in [5.41, 5.74) is 0.732. The molecule has 0 radical (unpaired) electrons. The zero-order valence-corrected chi connectivity index (χ0v) is 23.1. The van der Waals surface area contributed by atoms with E-state index in [-0.39, 0.29) is 21.8 Å². The average molecular weight is 549 g/mol. The van der Waals surface area contributed by atoms with Crippen molar-refractivity contribution < 1.29 is 22.7 Å². The number of amides is 1. The largest absolute Gasteiger partial charge is 0.493 e. The second kappa shape index (κ2) is 13.7. The van der Waals surface area contributed by atoms with E-state index in [0.29, 0.717) is 23.0 Å². The van der Waals surface area contributed by atoms with Crippen molar-refractivity contribution in [2.24, 2.45) is 4.40 Å². The van der Waals surface area contributed by atoms with Gasteiger partial charge < -0.3 is 9.47 Å². The van der Waals surface area contributed by atoms with E-state index in [1.165, 1.54) is 42.7 Å². The molecular weight excluding hydrogens is 516 g/mol. The molecule has 194 valence electrons. The van der Waals surface area contributed by atoms with Gasteiger partial charge >= 0.3 is 0 Å². The van der Waals surface area contributed by atoms with E-state index < -0.39 is 10.0 Å².